The van der Waals surface area contributed by atoms with Crippen LogP contribution in [0, 0.1) is 5.82 Å². The Kier molecular flexibility index (Phi) is 5.07. The summed E-state index contributed by atoms with van der Waals surface area (Å²) in [7, 11) is 0. The molecule has 0 atom stereocenters. The maximum absolute atomic E-state index is 14.3. The molecular weight excluding hydrogens is 325 g/mol. The van der Waals surface area contributed by atoms with E-state index in [2.05, 4.69) is 5.32 Å². The Bertz CT molecular complexity index is 847. The predicted octanol–water partition coefficient (Wildman–Crippen LogP) is 4.32. The van der Waals surface area contributed by atoms with Crippen molar-refractivity contribution in [3.63, 3.8) is 0 Å². The van der Waals surface area contributed by atoms with E-state index < -0.39 is 0 Å². The van der Waals surface area contributed by atoms with Crippen LogP contribution >= 0.6 is 12.4 Å². The molecule has 24 heavy (non-hydrogen) atoms. The lowest BCUT2D eigenvalue weighted by atomic mass is 9.96. The maximum Gasteiger partial charge on any atom is 0.132 e. The predicted molar refractivity (Wildman–Crippen MR) is 97.0 cm³/mol. The molecule has 0 aliphatic carbocycles. The lowest BCUT2D eigenvalue weighted by molar-refractivity contribution is 0.446. The Morgan fingerprint density at radius 3 is 2.42 bits per heavy atom. The van der Waals surface area contributed by atoms with E-state index in [1.807, 2.05) is 30.3 Å². The van der Waals surface area contributed by atoms with Crippen molar-refractivity contribution in [3.05, 3.63) is 60.2 Å². The van der Waals surface area contributed by atoms with Gasteiger partial charge in [0, 0.05) is 16.9 Å². The van der Waals surface area contributed by atoms with Gasteiger partial charge in [-0.25, -0.2) is 14.4 Å². The number of para-hydroxylation sites is 1. The van der Waals surface area contributed by atoms with Gasteiger partial charge in [0.25, 0.3) is 0 Å². The zero-order valence-corrected chi connectivity index (χ0v) is 14.0. The van der Waals surface area contributed by atoms with Gasteiger partial charge in [-0.3, -0.25) is 0 Å². The highest BCUT2D eigenvalue weighted by Crippen LogP contribution is 2.31. The quantitative estimate of drug-likeness (QED) is 0.752. The number of halogens is 2. The fourth-order valence-electron chi connectivity index (χ4n) is 3.22. The third kappa shape index (κ3) is 3.12. The first-order valence-electron chi connectivity index (χ1n) is 8.05. The van der Waals surface area contributed by atoms with Crippen molar-refractivity contribution in [2.24, 2.45) is 0 Å². The summed E-state index contributed by atoms with van der Waals surface area (Å²) < 4.78 is 14.3. The molecule has 0 radical (unpaired) electrons. The minimum atomic E-state index is -0.243. The highest BCUT2D eigenvalue weighted by Gasteiger charge is 2.21. The highest BCUT2D eigenvalue weighted by molar-refractivity contribution is 5.92. The summed E-state index contributed by atoms with van der Waals surface area (Å²) in [5.41, 5.74) is 2.12. The summed E-state index contributed by atoms with van der Waals surface area (Å²) in [6, 6.07) is 14.7. The monoisotopic (exact) mass is 343 g/mol. The summed E-state index contributed by atoms with van der Waals surface area (Å²) >= 11 is 0. The molecule has 5 heteroatoms. The number of aromatic nitrogens is 2. The van der Waals surface area contributed by atoms with Gasteiger partial charge >= 0.3 is 0 Å². The van der Waals surface area contributed by atoms with Crippen molar-refractivity contribution in [1.29, 1.82) is 0 Å². The molecule has 1 fully saturated rings. The largest absolute Gasteiger partial charge is 0.317 e. The Morgan fingerprint density at radius 1 is 0.917 bits per heavy atom. The first-order chi connectivity index (χ1) is 11.3. The van der Waals surface area contributed by atoms with Crippen LogP contribution in [0.1, 0.15) is 24.6 Å². The second kappa shape index (κ2) is 7.24. The lowest BCUT2D eigenvalue weighted by Gasteiger charge is -2.22. The summed E-state index contributed by atoms with van der Waals surface area (Å²) in [6.07, 6.45) is 2.05. The number of fused-ring (bicyclic) bond motifs is 1. The molecule has 0 amide bonds. The van der Waals surface area contributed by atoms with E-state index in [4.69, 9.17) is 9.97 Å². The van der Waals surface area contributed by atoms with Crippen molar-refractivity contribution in [3.8, 4) is 11.3 Å². The Morgan fingerprint density at radius 2 is 1.62 bits per heavy atom. The average molecular weight is 344 g/mol. The average Bonchev–Trinajstić information content (AvgIpc) is 2.62. The fourth-order valence-corrected chi connectivity index (χ4v) is 3.22. The first-order valence-corrected chi connectivity index (χ1v) is 8.05. The summed E-state index contributed by atoms with van der Waals surface area (Å²) in [6.45, 7) is 1.96. The van der Waals surface area contributed by atoms with Crippen LogP contribution in [0.2, 0.25) is 0 Å². The van der Waals surface area contributed by atoms with Crippen molar-refractivity contribution in [2.45, 2.75) is 18.8 Å². The zero-order valence-electron chi connectivity index (χ0n) is 13.2. The molecule has 3 aromatic rings. The van der Waals surface area contributed by atoms with Crippen LogP contribution in [0.3, 0.4) is 0 Å². The van der Waals surface area contributed by atoms with E-state index >= 15 is 0 Å². The smallest absolute Gasteiger partial charge is 0.132 e. The van der Waals surface area contributed by atoms with Crippen molar-refractivity contribution >= 4 is 23.3 Å². The Labute approximate surface area is 146 Å². The number of benzene rings is 2. The molecule has 2 aromatic carbocycles. The Balaban J connectivity index is 0.00000169. The first kappa shape index (κ1) is 16.8. The number of hydrogen-bond acceptors (Lipinski definition) is 3. The molecule has 0 unspecified atom stereocenters. The van der Waals surface area contributed by atoms with E-state index in [0.717, 1.165) is 42.7 Å². The molecule has 0 spiro atoms. The van der Waals surface area contributed by atoms with Gasteiger partial charge in [-0.2, -0.15) is 0 Å². The number of rotatable bonds is 2. The van der Waals surface area contributed by atoms with E-state index in [-0.39, 0.29) is 18.2 Å². The molecule has 1 saturated heterocycles. The maximum atomic E-state index is 14.3. The normalized spacial score (nSPS) is 15.2. The number of nitrogens with zero attached hydrogens (tertiary/aromatic N) is 2. The topological polar surface area (TPSA) is 37.8 Å². The molecule has 2 heterocycles. The third-order valence-electron chi connectivity index (χ3n) is 4.45. The molecule has 1 aliphatic heterocycles. The second-order valence-corrected chi connectivity index (χ2v) is 5.95. The van der Waals surface area contributed by atoms with Crippen molar-refractivity contribution in [1.82, 2.24) is 15.3 Å². The summed E-state index contributed by atoms with van der Waals surface area (Å²) in [5.74, 6) is 0.933. The molecule has 1 aromatic heterocycles. The van der Waals surface area contributed by atoms with Gasteiger partial charge in [-0.15, -0.1) is 12.4 Å². The molecule has 0 saturated carbocycles. The minimum Gasteiger partial charge on any atom is -0.317 e. The van der Waals surface area contributed by atoms with E-state index in [0.29, 0.717) is 17.2 Å². The van der Waals surface area contributed by atoms with E-state index in [1.54, 1.807) is 12.1 Å². The van der Waals surface area contributed by atoms with Crippen LogP contribution in [-0.4, -0.2) is 23.1 Å². The Hall–Kier alpha value is -2.04. The highest BCUT2D eigenvalue weighted by atomic mass is 35.5. The zero-order chi connectivity index (χ0) is 15.6. The fraction of sp³-hybridized carbons (Fsp3) is 0.263. The molecule has 124 valence electrons. The van der Waals surface area contributed by atoms with Gasteiger partial charge in [-0.1, -0.05) is 30.3 Å². The molecule has 4 rings (SSSR count). The van der Waals surface area contributed by atoms with Gasteiger partial charge in [0.15, 0.2) is 0 Å². The summed E-state index contributed by atoms with van der Waals surface area (Å²) in [5, 5.41) is 4.26. The van der Waals surface area contributed by atoms with E-state index in [9.17, 15) is 4.39 Å². The number of hydrogen-bond donors (Lipinski definition) is 1. The third-order valence-corrected chi connectivity index (χ3v) is 4.45. The minimum absolute atomic E-state index is 0. The van der Waals surface area contributed by atoms with Gasteiger partial charge < -0.3 is 5.32 Å². The van der Waals surface area contributed by atoms with Gasteiger partial charge in [0.2, 0.25) is 0 Å². The van der Waals surface area contributed by atoms with Crippen LogP contribution in [-0.2, 0) is 0 Å². The van der Waals surface area contributed by atoms with Crippen LogP contribution < -0.4 is 5.32 Å². The van der Waals surface area contributed by atoms with Crippen LogP contribution in [0.5, 0.6) is 0 Å². The molecular formula is C19H19ClFN3. The molecule has 3 nitrogen and oxygen atoms in total. The van der Waals surface area contributed by atoms with Gasteiger partial charge in [0.1, 0.15) is 11.6 Å². The molecule has 0 bridgehead atoms. The molecule has 1 aliphatic rings. The van der Waals surface area contributed by atoms with Gasteiger partial charge in [-0.05, 0) is 44.1 Å². The van der Waals surface area contributed by atoms with E-state index in [1.165, 1.54) is 6.07 Å². The lowest BCUT2D eigenvalue weighted by Crippen LogP contribution is -2.27. The number of nitrogens with one attached hydrogen (secondary N) is 1. The van der Waals surface area contributed by atoms with Crippen LogP contribution in [0.25, 0.3) is 22.2 Å². The van der Waals surface area contributed by atoms with Crippen LogP contribution in [0.4, 0.5) is 4.39 Å². The van der Waals surface area contributed by atoms with Crippen LogP contribution in [0.15, 0.2) is 48.5 Å². The molecule has 1 N–H and O–H groups in total. The van der Waals surface area contributed by atoms with Crippen molar-refractivity contribution < 1.29 is 4.39 Å². The standard InChI is InChI=1S/C19H18FN3.ClH/c20-16-7-3-1-5-14(16)18-15-6-2-4-8-17(15)22-19(23-18)13-9-11-21-12-10-13;/h1-8,13,21H,9-12H2;1H. The van der Waals surface area contributed by atoms with Gasteiger partial charge in [0.05, 0.1) is 11.2 Å². The number of piperidine rings is 1. The second-order valence-electron chi connectivity index (χ2n) is 5.95. The summed E-state index contributed by atoms with van der Waals surface area (Å²) in [4.78, 5) is 9.53. The SMILES string of the molecule is Cl.Fc1ccccc1-c1nc(C2CCNCC2)nc2ccccc12. The van der Waals surface area contributed by atoms with Crippen molar-refractivity contribution in [2.75, 3.05) is 13.1 Å².